The van der Waals surface area contributed by atoms with Crippen LogP contribution >= 0.6 is 0 Å². The predicted molar refractivity (Wildman–Crippen MR) is 76.8 cm³/mol. The molecule has 5 nitrogen and oxygen atoms in total. The van der Waals surface area contributed by atoms with E-state index in [0.29, 0.717) is 24.4 Å². The second-order valence-corrected chi connectivity index (χ2v) is 4.41. The average molecular weight is 270 g/mol. The molecule has 0 fully saturated rings. The van der Waals surface area contributed by atoms with Gasteiger partial charge in [-0.25, -0.2) is 4.79 Å². The highest BCUT2D eigenvalue weighted by Gasteiger charge is 2.09. The van der Waals surface area contributed by atoms with E-state index in [9.17, 15) is 4.79 Å². The molecule has 5 heteroatoms. The Morgan fingerprint density at radius 1 is 1.15 bits per heavy atom. The normalized spacial score (nSPS) is 10.8. The SMILES string of the molecule is Nc1ccc2c(c1)oc(=O)n2CCOc1ccccc1. The molecule has 0 atom stereocenters. The van der Waals surface area contributed by atoms with Crippen molar-refractivity contribution < 1.29 is 9.15 Å². The summed E-state index contributed by atoms with van der Waals surface area (Å²) in [5.74, 6) is 0.375. The Balaban J connectivity index is 1.78. The van der Waals surface area contributed by atoms with Gasteiger partial charge in [-0.3, -0.25) is 4.57 Å². The molecule has 0 bridgehead atoms. The van der Waals surface area contributed by atoms with E-state index in [1.807, 2.05) is 30.3 Å². The van der Waals surface area contributed by atoms with E-state index >= 15 is 0 Å². The maximum atomic E-state index is 11.8. The number of benzene rings is 2. The number of nitrogens with two attached hydrogens (primary N) is 1. The first-order valence-corrected chi connectivity index (χ1v) is 6.31. The Kier molecular flexibility index (Phi) is 3.16. The van der Waals surface area contributed by atoms with Crippen LogP contribution in [0, 0.1) is 0 Å². The van der Waals surface area contributed by atoms with Gasteiger partial charge in [-0.2, -0.15) is 0 Å². The number of para-hydroxylation sites is 1. The van der Waals surface area contributed by atoms with Gasteiger partial charge in [0.05, 0.1) is 12.1 Å². The van der Waals surface area contributed by atoms with Crippen molar-refractivity contribution in [2.45, 2.75) is 6.54 Å². The Hall–Kier alpha value is -2.69. The molecule has 20 heavy (non-hydrogen) atoms. The molecule has 0 radical (unpaired) electrons. The van der Waals surface area contributed by atoms with Gasteiger partial charge in [0.15, 0.2) is 5.58 Å². The Morgan fingerprint density at radius 3 is 2.75 bits per heavy atom. The van der Waals surface area contributed by atoms with E-state index in [4.69, 9.17) is 14.9 Å². The number of nitrogen functional groups attached to an aromatic ring is 1. The molecular formula is C15H14N2O3. The zero-order valence-electron chi connectivity index (χ0n) is 10.8. The summed E-state index contributed by atoms with van der Waals surface area (Å²) in [4.78, 5) is 11.8. The standard InChI is InChI=1S/C15H14N2O3/c16-11-6-7-13-14(10-11)20-15(18)17(13)8-9-19-12-4-2-1-3-5-12/h1-7,10H,8-9,16H2. The van der Waals surface area contributed by atoms with Gasteiger partial charge in [-0.15, -0.1) is 0 Å². The molecule has 1 aromatic heterocycles. The minimum absolute atomic E-state index is 0.392. The second-order valence-electron chi connectivity index (χ2n) is 4.41. The minimum Gasteiger partial charge on any atom is -0.492 e. The van der Waals surface area contributed by atoms with Crippen LogP contribution in [0.15, 0.2) is 57.7 Å². The van der Waals surface area contributed by atoms with Crippen molar-refractivity contribution in [2.75, 3.05) is 12.3 Å². The molecule has 0 spiro atoms. The summed E-state index contributed by atoms with van der Waals surface area (Å²) in [6, 6.07) is 14.6. The van der Waals surface area contributed by atoms with E-state index in [-0.39, 0.29) is 0 Å². The van der Waals surface area contributed by atoms with Crippen molar-refractivity contribution in [1.82, 2.24) is 4.57 Å². The van der Waals surface area contributed by atoms with Crippen molar-refractivity contribution >= 4 is 16.8 Å². The first kappa shape index (κ1) is 12.3. The van der Waals surface area contributed by atoms with Gasteiger partial charge in [0.2, 0.25) is 0 Å². The maximum absolute atomic E-state index is 11.8. The van der Waals surface area contributed by atoms with E-state index in [2.05, 4.69) is 0 Å². The Morgan fingerprint density at radius 2 is 1.95 bits per heavy atom. The predicted octanol–water partition coefficient (Wildman–Crippen LogP) is 2.26. The van der Waals surface area contributed by atoms with Crippen LogP contribution in [0.4, 0.5) is 5.69 Å². The lowest BCUT2D eigenvalue weighted by Gasteiger charge is -2.06. The summed E-state index contributed by atoms with van der Waals surface area (Å²) < 4.78 is 12.3. The number of rotatable bonds is 4. The number of nitrogens with zero attached hydrogens (tertiary/aromatic N) is 1. The number of aromatic nitrogens is 1. The van der Waals surface area contributed by atoms with Crippen molar-refractivity contribution in [3.63, 3.8) is 0 Å². The van der Waals surface area contributed by atoms with Gasteiger partial charge in [-0.05, 0) is 24.3 Å². The lowest BCUT2D eigenvalue weighted by Crippen LogP contribution is -2.18. The van der Waals surface area contributed by atoms with Gasteiger partial charge in [0.25, 0.3) is 0 Å². The van der Waals surface area contributed by atoms with Crippen LogP contribution in [0.2, 0.25) is 0 Å². The van der Waals surface area contributed by atoms with E-state index in [0.717, 1.165) is 11.3 Å². The molecular weight excluding hydrogens is 256 g/mol. The summed E-state index contributed by atoms with van der Waals surface area (Å²) in [5, 5.41) is 0. The third-order valence-electron chi connectivity index (χ3n) is 3.02. The highest BCUT2D eigenvalue weighted by Crippen LogP contribution is 2.16. The number of ether oxygens (including phenoxy) is 1. The highest BCUT2D eigenvalue weighted by molar-refractivity contribution is 5.76. The molecule has 2 N–H and O–H groups in total. The first-order chi connectivity index (χ1) is 9.74. The quantitative estimate of drug-likeness (QED) is 0.738. The number of hydrogen-bond acceptors (Lipinski definition) is 4. The molecule has 0 unspecified atom stereocenters. The minimum atomic E-state index is -0.401. The van der Waals surface area contributed by atoms with Crippen LogP contribution in [0.25, 0.3) is 11.1 Å². The summed E-state index contributed by atoms with van der Waals surface area (Å²) in [6.07, 6.45) is 0. The van der Waals surface area contributed by atoms with Gasteiger partial charge in [0.1, 0.15) is 12.4 Å². The van der Waals surface area contributed by atoms with Crippen LogP contribution in [-0.2, 0) is 6.54 Å². The summed E-state index contributed by atoms with van der Waals surface area (Å²) in [5.41, 5.74) is 7.45. The highest BCUT2D eigenvalue weighted by atomic mass is 16.5. The molecule has 1 heterocycles. The van der Waals surface area contributed by atoms with Gasteiger partial charge in [-0.1, -0.05) is 18.2 Å². The fourth-order valence-corrected chi connectivity index (χ4v) is 2.07. The molecule has 2 aromatic carbocycles. The topological polar surface area (TPSA) is 70.4 Å². The van der Waals surface area contributed by atoms with E-state index in [1.54, 1.807) is 18.2 Å². The molecule has 0 aliphatic carbocycles. The number of anilines is 1. The molecule has 0 saturated carbocycles. The average Bonchev–Trinajstić information content (AvgIpc) is 2.75. The van der Waals surface area contributed by atoms with Crippen LogP contribution in [-0.4, -0.2) is 11.2 Å². The fraction of sp³-hybridized carbons (Fsp3) is 0.133. The molecule has 0 aliphatic rings. The molecule has 0 aliphatic heterocycles. The molecule has 102 valence electrons. The smallest absolute Gasteiger partial charge is 0.420 e. The van der Waals surface area contributed by atoms with Gasteiger partial charge >= 0.3 is 5.76 Å². The molecule has 0 amide bonds. The molecule has 3 aromatic rings. The summed E-state index contributed by atoms with van der Waals surface area (Å²) >= 11 is 0. The Labute approximate surface area is 115 Å². The van der Waals surface area contributed by atoms with Gasteiger partial charge in [0, 0.05) is 11.8 Å². The lowest BCUT2D eigenvalue weighted by atomic mass is 10.3. The van der Waals surface area contributed by atoms with Gasteiger partial charge < -0.3 is 14.9 Å². The Bertz CT molecular complexity index is 775. The van der Waals surface area contributed by atoms with E-state index in [1.165, 1.54) is 4.57 Å². The van der Waals surface area contributed by atoms with Crippen molar-refractivity contribution in [1.29, 1.82) is 0 Å². The van der Waals surface area contributed by atoms with Crippen molar-refractivity contribution in [3.05, 3.63) is 59.1 Å². The largest absolute Gasteiger partial charge is 0.492 e. The van der Waals surface area contributed by atoms with Crippen LogP contribution in [0.3, 0.4) is 0 Å². The first-order valence-electron chi connectivity index (χ1n) is 6.31. The third-order valence-corrected chi connectivity index (χ3v) is 3.02. The van der Waals surface area contributed by atoms with Crippen molar-refractivity contribution in [2.24, 2.45) is 0 Å². The molecule has 0 saturated heterocycles. The van der Waals surface area contributed by atoms with E-state index < -0.39 is 5.76 Å². The summed E-state index contributed by atoms with van der Waals surface area (Å²) in [7, 11) is 0. The van der Waals surface area contributed by atoms with Crippen LogP contribution in [0.5, 0.6) is 5.75 Å². The number of oxazole rings is 1. The lowest BCUT2D eigenvalue weighted by molar-refractivity contribution is 0.294. The van der Waals surface area contributed by atoms with Crippen LogP contribution < -0.4 is 16.2 Å². The zero-order chi connectivity index (χ0) is 13.9. The summed E-state index contributed by atoms with van der Waals surface area (Å²) in [6.45, 7) is 0.813. The number of fused-ring (bicyclic) bond motifs is 1. The monoisotopic (exact) mass is 270 g/mol. The maximum Gasteiger partial charge on any atom is 0.420 e. The second kappa shape index (κ2) is 5.13. The zero-order valence-corrected chi connectivity index (χ0v) is 10.8. The fourth-order valence-electron chi connectivity index (χ4n) is 2.07. The van der Waals surface area contributed by atoms with Crippen molar-refractivity contribution in [3.8, 4) is 5.75 Å². The molecule has 3 rings (SSSR count). The number of hydrogen-bond donors (Lipinski definition) is 1. The third kappa shape index (κ3) is 2.38. The van der Waals surface area contributed by atoms with Crippen LogP contribution in [0.1, 0.15) is 0 Å².